The minimum Gasteiger partial charge on any atom is -0.494 e. The van der Waals surface area contributed by atoms with Crippen LogP contribution in [-0.4, -0.2) is 49.6 Å². The Morgan fingerprint density at radius 2 is 2.22 bits per heavy atom. The molecule has 122 valence electrons. The second-order valence-electron chi connectivity index (χ2n) is 6.05. The Bertz CT molecular complexity index is 730. The maximum absolute atomic E-state index is 11.8. The lowest BCUT2D eigenvalue weighted by Crippen LogP contribution is -2.34. The van der Waals surface area contributed by atoms with Gasteiger partial charge in [-0.3, -0.25) is 4.79 Å². The molecule has 0 N–H and O–H groups in total. The SMILES string of the molecule is COc1cccc2c(N(C)CCN3CCCC3=O)cc(C)nc12. The third kappa shape index (κ3) is 3.09. The molecule has 2 heterocycles. The normalized spacial score (nSPS) is 14.6. The van der Waals surface area contributed by atoms with Crippen molar-refractivity contribution in [1.29, 1.82) is 0 Å². The number of benzene rings is 1. The van der Waals surface area contributed by atoms with Gasteiger partial charge in [0.2, 0.25) is 5.91 Å². The Balaban J connectivity index is 1.87. The van der Waals surface area contributed by atoms with Crippen LogP contribution in [0.15, 0.2) is 24.3 Å². The van der Waals surface area contributed by atoms with Gasteiger partial charge in [-0.25, -0.2) is 4.98 Å². The molecule has 1 aliphatic heterocycles. The number of methoxy groups -OCH3 is 1. The second-order valence-corrected chi connectivity index (χ2v) is 6.05. The molecule has 0 saturated carbocycles. The van der Waals surface area contributed by atoms with E-state index in [1.165, 1.54) is 0 Å². The number of aromatic nitrogens is 1. The summed E-state index contributed by atoms with van der Waals surface area (Å²) in [5, 5.41) is 1.07. The Kier molecular flexibility index (Phi) is 4.37. The van der Waals surface area contributed by atoms with Crippen molar-refractivity contribution in [1.82, 2.24) is 9.88 Å². The number of likely N-dealkylation sites (N-methyl/N-ethyl adjacent to an activating group) is 1. The van der Waals surface area contributed by atoms with Crippen LogP contribution in [-0.2, 0) is 4.79 Å². The van der Waals surface area contributed by atoms with E-state index in [0.29, 0.717) is 6.42 Å². The molecule has 1 fully saturated rings. The average Bonchev–Trinajstić information content (AvgIpc) is 2.96. The predicted molar refractivity (Wildman–Crippen MR) is 92.1 cm³/mol. The van der Waals surface area contributed by atoms with Crippen molar-refractivity contribution in [3.63, 3.8) is 0 Å². The fourth-order valence-corrected chi connectivity index (χ4v) is 3.14. The van der Waals surface area contributed by atoms with Crippen LogP contribution in [0, 0.1) is 6.92 Å². The number of hydrogen-bond acceptors (Lipinski definition) is 4. The molecule has 1 saturated heterocycles. The Morgan fingerprint density at radius 1 is 1.39 bits per heavy atom. The topological polar surface area (TPSA) is 45.7 Å². The molecule has 1 aromatic heterocycles. The summed E-state index contributed by atoms with van der Waals surface area (Å²) >= 11 is 0. The van der Waals surface area contributed by atoms with Crippen LogP contribution < -0.4 is 9.64 Å². The minimum atomic E-state index is 0.274. The highest BCUT2D eigenvalue weighted by Crippen LogP contribution is 2.31. The summed E-state index contributed by atoms with van der Waals surface area (Å²) in [7, 11) is 3.73. The minimum absolute atomic E-state index is 0.274. The van der Waals surface area contributed by atoms with E-state index in [1.807, 2.05) is 24.0 Å². The van der Waals surface area contributed by atoms with Gasteiger partial charge in [0.05, 0.1) is 7.11 Å². The van der Waals surface area contributed by atoms with Crippen molar-refractivity contribution in [2.45, 2.75) is 19.8 Å². The molecule has 0 radical (unpaired) electrons. The van der Waals surface area contributed by atoms with Crippen LogP contribution in [0.2, 0.25) is 0 Å². The van der Waals surface area contributed by atoms with Crippen molar-refractivity contribution in [3.05, 3.63) is 30.0 Å². The third-order valence-electron chi connectivity index (χ3n) is 4.42. The van der Waals surface area contributed by atoms with E-state index in [-0.39, 0.29) is 5.91 Å². The highest BCUT2D eigenvalue weighted by Gasteiger charge is 2.20. The summed E-state index contributed by atoms with van der Waals surface area (Å²) in [6.07, 6.45) is 1.68. The average molecular weight is 313 g/mol. The van der Waals surface area contributed by atoms with Gasteiger partial charge in [0.25, 0.3) is 0 Å². The van der Waals surface area contributed by atoms with Crippen molar-refractivity contribution >= 4 is 22.5 Å². The number of hydrogen-bond donors (Lipinski definition) is 0. The number of likely N-dealkylation sites (tertiary alicyclic amines) is 1. The zero-order valence-corrected chi connectivity index (χ0v) is 14.0. The number of para-hydroxylation sites is 1. The second kappa shape index (κ2) is 6.44. The van der Waals surface area contributed by atoms with Crippen molar-refractivity contribution < 1.29 is 9.53 Å². The molecule has 1 aromatic carbocycles. The summed E-state index contributed by atoms with van der Waals surface area (Å²) in [6, 6.07) is 8.08. The number of rotatable bonds is 5. The molecule has 0 spiro atoms. The molecule has 5 heteroatoms. The lowest BCUT2D eigenvalue weighted by molar-refractivity contribution is -0.127. The van der Waals surface area contributed by atoms with Gasteiger partial charge in [0, 0.05) is 49.9 Å². The Morgan fingerprint density at radius 3 is 2.91 bits per heavy atom. The van der Waals surface area contributed by atoms with Crippen LogP contribution in [0.4, 0.5) is 5.69 Å². The monoisotopic (exact) mass is 313 g/mol. The van der Waals surface area contributed by atoms with Gasteiger partial charge >= 0.3 is 0 Å². The first kappa shape index (κ1) is 15.6. The molecular weight excluding hydrogens is 290 g/mol. The van der Waals surface area contributed by atoms with E-state index in [1.54, 1.807) is 7.11 Å². The predicted octanol–water partition coefficient (Wildman–Crippen LogP) is 2.61. The van der Waals surface area contributed by atoms with Crippen LogP contribution in [0.3, 0.4) is 0 Å². The number of aryl methyl sites for hydroxylation is 1. The molecule has 5 nitrogen and oxygen atoms in total. The number of anilines is 1. The molecule has 1 aliphatic rings. The Labute approximate surface area is 136 Å². The van der Waals surface area contributed by atoms with Gasteiger partial charge in [-0.15, -0.1) is 0 Å². The van der Waals surface area contributed by atoms with Crippen LogP contribution in [0.1, 0.15) is 18.5 Å². The number of pyridine rings is 1. The highest BCUT2D eigenvalue weighted by molar-refractivity contribution is 5.95. The summed E-state index contributed by atoms with van der Waals surface area (Å²) in [4.78, 5) is 20.5. The standard InChI is InChI=1S/C18H23N3O2/c1-13-12-15(14-6-4-7-16(23-3)18(14)19-13)20(2)10-11-21-9-5-8-17(21)22/h4,6-7,12H,5,8-11H2,1-3H3. The van der Waals surface area contributed by atoms with Crippen LogP contribution >= 0.6 is 0 Å². The number of fused-ring (bicyclic) bond motifs is 1. The van der Waals surface area contributed by atoms with Crippen molar-refractivity contribution in [2.24, 2.45) is 0 Å². The van der Waals surface area contributed by atoms with Crippen LogP contribution in [0.25, 0.3) is 10.9 Å². The van der Waals surface area contributed by atoms with Gasteiger partial charge in [-0.1, -0.05) is 12.1 Å². The molecule has 0 aliphatic carbocycles. The Hall–Kier alpha value is -2.30. The quantitative estimate of drug-likeness (QED) is 0.851. The number of amides is 1. The molecule has 23 heavy (non-hydrogen) atoms. The zero-order valence-electron chi connectivity index (χ0n) is 14.0. The largest absolute Gasteiger partial charge is 0.494 e. The molecular formula is C18H23N3O2. The maximum atomic E-state index is 11.8. The zero-order chi connectivity index (χ0) is 16.4. The first-order valence-electron chi connectivity index (χ1n) is 8.03. The van der Waals surface area contributed by atoms with Crippen LogP contribution in [0.5, 0.6) is 5.75 Å². The molecule has 0 unspecified atom stereocenters. The maximum Gasteiger partial charge on any atom is 0.222 e. The van der Waals surface area contributed by atoms with E-state index in [9.17, 15) is 4.79 Å². The summed E-state index contributed by atoms with van der Waals surface area (Å²) in [6.45, 7) is 4.45. The van der Waals surface area contributed by atoms with E-state index < -0.39 is 0 Å². The van der Waals surface area contributed by atoms with E-state index in [0.717, 1.165) is 54.1 Å². The smallest absolute Gasteiger partial charge is 0.222 e. The van der Waals surface area contributed by atoms with E-state index in [2.05, 4.69) is 29.1 Å². The van der Waals surface area contributed by atoms with Crippen molar-refractivity contribution in [2.75, 3.05) is 38.7 Å². The highest BCUT2D eigenvalue weighted by atomic mass is 16.5. The van der Waals surface area contributed by atoms with Gasteiger partial charge in [-0.05, 0) is 25.5 Å². The summed E-state index contributed by atoms with van der Waals surface area (Å²) in [5.41, 5.74) is 2.97. The van der Waals surface area contributed by atoms with E-state index in [4.69, 9.17) is 4.74 Å². The first-order chi connectivity index (χ1) is 11.1. The number of ether oxygens (including phenoxy) is 1. The molecule has 0 bridgehead atoms. The first-order valence-corrected chi connectivity index (χ1v) is 8.03. The van der Waals surface area contributed by atoms with Gasteiger partial charge in [-0.2, -0.15) is 0 Å². The lowest BCUT2D eigenvalue weighted by atomic mass is 10.1. The van der Waals surface area contributed by atoms with Gasteiger partial charge in [0.1, 0.15) is 11.3 Å². The number of nitrogens with zero attached hydrogens (tertiary/aromatic N) is 3. The van der Waals surface area contributed by atoms with E-state index >= 15 is 0 Å². The fraction of sp³-hybridized carbons (Fsp3) is 0.444. The van der Waals surface area contributed by atoms with Gasteiger partial charge < -0.3 is 14.5 Å². The van der Waals surface area contributed by atoms with Gasteiger partial charge in [0.15, 0.2) is 0 Å². The molecule has 3 rings (SSSR count). The lowest BCUT2D eigenvalue weighted by Gasteiger charge is -2.25. The fourth-order valence-electron chi connectivity index (χ4n) is 3.14. The number of carbonyl (C=O) groups excluding carboxylic acids is 1. The number of carbonyl (C=O) groups is 1. The third-order valence-corrected chi connectivity index (χ3v) is 4.42. The molecule has 2 aromatic rings. The van der Waals surface area contributed by atoms with Crippen molar-refractivity contribution in [3.8, 4) is 5.75 Å². The summed E-state index contributed by atoms with van der Waals surface area (Å²) < 4.78 is 5.44. The molecule has 1 amide bonds. The summed E-state index contributed by atoms with van der Waals surface area (Å²) in [5.74, 6) is 1.06. The molecule has 0 atom stereocenters.